The van der Waals surface area contributed by atoms with Crippen LogP contribution in [-0.2, 0) is 0 Å². The molecule has 0 aliphatic heterocycles. The monoisotopic (exact) mass is 1660 g/mol. The van der Waals surface area contributed by atoms with Gasteiger partial charge in [0.25, 0.3) is 0 Å². The molecule has 130 heavy (non-hydrogen) atoms. The molecule has 8 nitrogen and oxygen atoms in total. The average molecular weight is 1660 g/mol. The first-order valence-corrected chi connectivity index (χ1v) is 44.2. The van der Waals surface area contributed by atoms with Crippen molar-refractivity contribution in [2.45, 2.75) is 0 Å². The summed E-state index contributed by atoms with van der Waals surface area (Å²) in [5, 5.41) is 9.79. The minimum absolute atomic E-state index is 0.695. The van der Waals surface area contributed by atoms with Gasteiger partial charge in [-0.1, -0.05) is 334 Å². The summed E-state index contributed by atoms with van der Waals surface area (Å²) in [6.07, 6.45) is 0. The summed E-state index contributed by atoms with van der Waals surface area (Å²) in [6.45, 7) is 0. The van der Waals surface area contributed by atoms with Crippen molar-refractivity contribution in [3.8, 4) is 146 Å². The lowest BCUT2D eigenvalue weighted by atomic mass is 9.98. The average Bonchev–Trinajstić information content (AvgIpc) is 1.59. The van der Waals surface area contributed by atoms with Gasteiger partial charge in [0.05, 0.1) is 66.9 Å². The van der Waals surface area contributed by atoms with Crippen LogP contribution >= 0.6 is 0 Å². The second kappa shape index (κ2) is 32.6. The minimum Gasteiger partial charge on any atom is -0.309 e. The van der Waals surface area contributed by atoms with E-state index in [2.05, 4.69) is 479 Å². The maximum atomic E-state index is 5.10. The zero-order valence-corrected chi connectivity index (χ0v) is 70.8. The molecule has 19 aromatic carbocycles. The summed E-state index contributed by atoms with van der Waals surface area (Å²) in [5.41, 5.74) is 35.4. The first kappa shape index (κ1) is 76.2. The Morgan fingerprint density at radius 3 is 0.723 bits per heavy atom. The SMILES string of the molecule is c1ccc(-c2cc(-c3ccccc3)cc(-n3c4ccccc4c4ccc(-c5ccc6c(c5)c5ccccc5n6-c5ccc(-c6nc(-c7ccccc7)cc(-c7ccccc7)n6)cc5)cc43)c2)cc1.c1ccc(-c2cccc(-n3c4ccccc4c4ccc(-c5ccc6c(c5)c5ccccc5n6-c5ccc(-c6nc(-c7ccccc7)cc(-c7ccccc7)n6)cc5)cc43)c2)cc1. The minimum atomic E-state index is 0.695. The van der Waals surface area contributed by atoms with Crippen molar-refractivity contribution in [1.82, 2.24) is 38.2 Å². The quantitative estimate of drug-likeness (QED) is 0.103. The van der Waals surface area contributed by atoms with Crippen molar-refractivity contribution in [3.05, 3.63) is 485 Å². The third-order valence-corrected chi connectivity index (χ3v) is 25.5. The maximum absolute atomic E-state index is 5.10. The van der Waals surface area contributed by atoms with E-state index in [1.54, 1.807) is 0 Å². The van der Waals surface area contributed by atoms with Gasteiger partial charge < -0.3 is 18.3 Å². The van der Waals surface area contributed by atoms with Gasteiger partial charge in [-0.05, 0) is 207 Å². The smallest absolute Gasteiger partial charge is 0.160 e. The molecule has 0 atom stereocenters. The van der Waals surface area contributed by atoms with E-state index in [0.29, 0.717) is 11.6 Å². The van der Waals surface area contributed by atoms with E-state index in [4.69, 9.17) is 19.9 Å². The van der Waals surface area contributed by atoms with Crippen molar-refractivity contribution >= 4 is 87.2 Å². The summed E-state index contributed by atoms with van der Waals surface area (Å²) >= 11 is 0. The summed E-state index contributed by atoms with van der Waals surface area (Å²) in [4.78, 5) is 20.4. The van der Waals surface area contributed by atoms with Gasteiger partial charge in [0.2, 0.25) is 0 Å². The fraction of sp³-hybridized carbons (Fsp3) is 0. The Kier molecular flexibility index (Phi) is 19.1. The third kappa shape index (κ3) is 13.9. The lowest BCUT2D eigenvalue weighted by Crippen LogP contribution is -1.97. The van der Waals surface area contributed by atoms with E-state index in [1.807, 2.05) is 24.3 Å². The molecule has 0 N–H and O–H groups in total. The van der Waals surface area contributed by atoms with Crippen LogP contribution in [0.4, 0.5) is 0 Å². The highest BCUT2D eigenvalue weighted by Gasteiger charge is 2.23. The van der Waals surface area contributed by atoms with Crippen molar-refractivity contribution in [1.29, 1.82) is 0 Å². The Hall–Kier alpha value is -17.5. The molecule has 6 heterocycles. The van der Waals surface area contributed by atoms with Crippen LogP contribution in [-0.4, -0.2) is 38.2 Å². The first-order valence-electron chi connectivity index (χ1n) is 44.2. The normalized spacial score (nSPS) is 11.5. The molecule has 0 saturated heterocycles. The van der Waals surface area contributed by atoms with Gasteiger partial charge in [0.1, 0.15) is 0 Å². The molecule has 6 aromatic heterocycles. The van der Waals surface area contributed by atoms with Gasteiger partial charge in [0, 0.05) is 99.2 Å². The highest BCUT2D eigenvalue weighted by atomic mass is 15.0. The van der Waals surface area contributed by atoms with Crippen LogP contribution in [0, 0.1) is 0 Å². The predicted octanol–water partition coefficient (Wildman–Crippen LogP) is 31.7. The van der Waals surface area contributed by atoms with Gasteiger partial charge in [-0.15, -0.1) is 0 Å². The van der Waals surface area contributed by atoms with Gasteiger partial charge in [0.15, 0.2) is 11.6 Å². The van der Waals surface area contributed by atoms with E-state index in [1.165, 1.54) is 121 Å². The van der Waals surface area contributed by atoms with Crippen LogP contribution in [0.15, 0.2) is 485 Å². The van der Waals surface area contributed by atoms with Crippen molar-refractivity contribution in [2.75, 3.05) is 0 Å². The Bertz CT molecular complexity index is 8430. The van der Waals surface area contributed by atoms with Crippen molar-refractivity contribution in [3.63, 3.8) is 0 Å². The Morgan fingerprint density at radius 2 is 0.362 bits per heavy atom. The summed E-state index contributed by atoms with van der Waals surface area (Å²) in [7, 11) is 0. The molecule has 25 aromatic rings. The van der Waals surface area contributed by atoms with Gasteiger partial charge >= 0.3 is 0 Å². The highest BCUT2D eigenvalue weighted by molar-refractivity contribution is 6.15. The van der Waals surface area contributed by atoms with Crippen LogP contribution in [0.3, 0.4) is 0 Å². The maximum Gasteiger partial charge on any atom is 0.160 e. The fourth-order valence-electron chi connectivity index (χ4n) is 19.2. The van der Waals surface area contributed by atoms with Crippen LogP contribution in [0.5, 0.6) is 0 Å². The lowest BCUT2D eigenvalue weighted by molar-refractivity contribution is 1.16. The van der Waals surface area contributed by atoms with Crippen molar-refractivity contribution < 1.29 is 0 Å². The van der Waals surface area contributed by atoms with Crippen LogP contribution < -0.4 is 0 Å². The fourth-order valence-corrected chi connectivity index (χ4v) is 19.2. The number of fused-ring (bicyclic) bond motifs is 12. The van der Waals surface area contributed by atoms with E-state index >= 15 is 0 Å². The van der Waals surface area contributed by atoms with Crippen LogP contribution in [0.2, 0.25) is 0 Å². The van der Waals surface area contributed by atoms with E-state index in [0.717, 1.165) is 101 Å². The Balaban J connectivity index is 0.000000145. The zero-order valence-electron chi connectivity index (χ0n) is 70.8. The number of nitrogens with zero attached hydrogens (tertiary/aromatic N) is 8. The van der Waals surface area contributed by atoms with E-state index < -0.39 is 0 Å². The van der Waals surface area contributed by atoms with E-state index in [-0.39, 0.29) is 0 Å². The Labute approximate surface area is 751 Å². The molecular weight excluding hydrogens is 1580 g/mol. The molecular formula is C122H80N8. The highest BCUT2D eigenvalue weighted by Crippen LogP contribution is 2.44. The molecule has 0 amide bonds. The lowest BCUT2D eigenvalue weighted by Gasteiger charge is -2.14. The second-order valence-electron chi connectivity index (χ2n) is 33.2. The molecule has 608 valence electrons. The van der Waals surface area contributed by atoms with Gasteiger partial charge in [-0.25, -0.2) is 19.9 Å². The number of hydrogen-bond acceptors (Lipinski definition) is 4. The second-order valence-corrected chi connectivity index (χ2v) is 33.2. The molecule has 0 aliphatic rings. The van der Waals surface area contributed by atoms with Crippen LogP contribution in [0.25, 0.3) is 233 Å². The zero-order chi connectivity index (χ0) is 86.0. The van der Waals surface area contributed by atoms with Gasteiger partial charge in [-0.2, -0.15) is 0 Å². The third-order valence-electron chi connectivity index (χ3n) is 25.5. The molecule has 0 fully saturated rings. The summed E-state index contributed by atoms with van der Waals surface area (Å²) < 4.78 is 9.61. The van der Waals surface area contributed by atoms with E-state index in [9.17, 15) is 0 Å². The molecule has 0 radical (unpaired) electrons. The molecule has 0 spiro atoms. The molecule has 0 saturated carbocycles. The molecule has 25 rings (SSSR count). The standard InChI is InChI=1S/C64H42N4.C58H38N4/c1-5-17-43(18-6-1)50-37-51(44-19-7-2-8-20-44)39-53(38-50)68-60-27-15-13-25-54(60)56-35-31-49(41-63(56)68)48-32-36-62-57(40-48)55-26-14-16-28-61(55)67(62)52-33-29-47(30-34-52)64-65-58(45-21-9-3-10-22-45)42-59(66-64)46-23-11-4-12-24-46;1-4-15-39(16-5-1)43-21-14-22-47(35-43)62-54-25-12-10-23-48(54)50-33-29-45(37-57(50)62)44-30-34-56-51(36-44)49-24-11-13-26-55(49)61(56)46-31-27-42(28-32-46)58-59-52(40-17-6-2-7-18-40)38-53(60-58)41-19-8-3-9-20-41/h1-42H;1-38H. The molecule has 0 bridgehead atoms. The van der Waals surface area contributed by atoms with Crippen molar-refractivity contribution in [2.24, 2.45) is 0 Å². The molecule has 8 heteroatoms. The molecule has 0 unspecified atom stereocenters. The Morgan fingerprint density at radius 1 is 0.115 bits per heavy atom. The number of benzene rings is 19. The number of rotatable bonds is 15. The predicted molar refractivity (Wildman–Crippen MR) is 541 cm³/mol. The topological polar surface area (TPSA) is 71.3 Å². The van der Waals surface area contributed by atoms with Crippen LogP contribution in [0.1, 0.15) is 0 Å². The summed E-state index contributed by atoms with van der Waals surface area (Å²) in [5.74, 6) is 1.39. The first-order chi connectivity index (χ1) is 64.4. The molecule has 0 aliphatic carbocycles. The number of aromatic nitrogens is 8. The van der Waals surface area contributed by atoms with Gasteiger partial charge in [-0.3, -0.25) is 0 Å². The summed E-state index contributed by atoms with van der Waals surface area (Å²) in [6, 6.07) is 173. The number of hydrogen-bond donors (Lipinski definition) is 0. The largest absolute Gasteiger partial charge is 0.309 e. The number of para-hydroxylation sites is 4.